The van der Waals surface area contributed by atoms with Crippen LogP contribution < -0.4 is 4.73 Å². The van der Waals surface area contributed by atoms with Crippen LogP contribution in [0.3, 0.4) is 0 Å². The number of piperazine rings is 1. The number of ether oxygens (including phenoxy) is 1. The van der Waals surface area contributed by atoms with Crippen LogP contribution in [-0.2, 0) is 35.5 Å². The highest BCUT2D eigenvalue weighted by atomic mass is 35.5. The first-order chi connectivity index (χ1) is 23.7. The Labute approximate surface area is 290 Å². The van der Waals surface area contributed by atoms with Crippen molar-refractivity contribution in [3.05, 3.63) is 118 Å². The number of rotatable bonds is 6. The van der Waals surface area contributed by atoms with Crippen molar-refractivity contribution in [3.63, 3.8) is 0 Å². The number of halogens is 1. The Morgan fingerprint density at radius 3 is 2.67 bits per heavy atom. The van der Waals surface area contributed by atoms with E-state index in [4.69, 9.17) is 16.3 Å². The maximum atomic E-state index is 14.6. The van der Waals surface area contributed by atoms with Gasteiger partial charge in [-0.2, -0.15) is 0 Å². The van der Waals surface area contributed by atoms with Crippen molar-refractivity contribution in [2.75, 3.05) is 32.7 Å². The second kappa shape index (κ2) is 13.8. The number of carbonyl (C=O) groups is 2. The van der Waals surface area contributed by atoms with Crippen molar-refractivity contribution in [1.29, 1.82) is 0 Å². The summed E-state index contributed by atoms with van der Waals surface area (Å²) in [5.41, 5.74) is 4.39. The molecular formula is C37H42ClN6O5+. The molecule has 0 radical (unpaired) electrons. The Balaban J connectivity index is 1.20. The van der Waals surface area contributed by atoms with Crippen molar-refractivity contribution in [2.24, 2.45) is 0 Å². The Morgan fingerprint density at radius 2 is 1.88 bits per heavy atom. The van der Waals surface area contributed by atoms with Gasteiger partial charge in [-0.15, -0.1) is 0 Å². The summed E-state index contributed by atoms with van der Waals surface area (Å²) in [6.45, 7) is 3.79. The van der Waals surface area contributed by atoms with E-state index in [1.165, 1.54) is 9.63 Å². The monoisotopic (exact) mass is 685 g/mol. The number of aromatic nitrogens is 3. The Kier molecular flexibility index (Phi) is 9.32. The second-order valence-electron chi connectivity index (χ2n) is 13.5. The number of benzene rings is 2. The minimum absolute atomic E-state index is 0.0865. The number of hydrogen-bond acceptors (Lipinski definition) is 7. The van der Waals surface area contributed by atoms with E-state index in [0.717, 1.165) is 46.5 Å². The van der Waals surface area contributed by atoms with Gasteiger partial charge in [0, 0.05) is 53.8 Å². The van der Waals surface area contributed by atoms with Crippen LogP contribution in [0.2, 0.25) is 5.02 Å². The predicted molar refractivity (Wildman–Crippen MR) is 181 cm³/mol. The van der Waals surface area contributed by atoms with Gasteiger partial charge in [0.25, 0.3) is 5.69 Å². The summed E-state index contributed by atoms with van der Waals surface area (Å²) < 4.78 is 8.82. The molecule has 0 bridgehead atoms. The first-order valence-electron chi connectivity index (χ1n) is 16.9. The third kappa shape index (κ3) is 7.01. The zero-order valence-corrected chi connectivity index (χ0v) is 28.4. The minimum Gasteiger partial charge on any atom is -0.445 e. The van der Waals surface area contributed by atoms with E-state index < -0.39 is 23.8 Å². The summed E-state index contributed by atoms with van der Waals surface area (Å²) in [6.07, 6.45) is 7.28. The van der Waals surface area contributed by atoms with Gasteiger partial charge >= 0.3 is 6.09 Å². The zero-order valence-electron chi connectivity index (χ0n) is 27.6. The Hall–Kier alpha value is -4.45. The van der Waals surface area contributed by atoms with Gasteiger partial charge in [0.15, 0.2) is 0 Å². The lowest BCUT2D eigenvalue weighted by molar-refractivity contribution is -0.911. The van der Waals surface area contributed by atoms with Gasteiger partial charge in [-0.1, -0.05) is 48.0 Å². The van der Waals surface area contributed by atoms with E-state index >= 15 is 0 Å². The number of carbonyl (C=O) groups excluding carboxylic acids is 2. The lowest BCUT2D eigenvalue weighted by atomic mass is 9.91. The third-order valence-electron chi connectivity index (χ3n) is 10.0. The van der Waals surface area contributed by atoms with Gasteiger partial charge in [0.05, 0.1) is 25.1 Å². The van der Waals surface area contributed by atoms with Crippen molar-refractivity contribution >= 4 is 23.6 Å². The van der Waals surface area contributed by atoms with Gasteiger partial charge < -0.3 is 19.3 Å². The summed E-state index contributed by atoms with van der Waals surface area (Å²) in [7, 11) is 0. The van der Waals surface area contributed by atoms with Crippen molar-refractivity contribution in [3.8, 4) is 0 Å². The Bertz CT molecular complexity index is 1830. The number of fused-ring (bicyclic) bond motifs is 2. The fourth-order valence-electron chi connectivity index (χ4n) is 7.72. The lowest BCUT2D eigenvalue weighted by Crippen LogP contribution is -2.64. The number of likely N-dealkylation sites (tertiary alicyclic amines) is 1. The molecular weight excluding hydrogens is 644 g/mol. The highest BCUT2D eigenvalue weighted by Gasteiger charge is 2.46. The van der Waals surface area contributed by atoms with E-state index in [1.807, 2.05) is 78.4 Å². The van der Waals surface area contributed by atoms with E-state index in [1.54, 1.807) is 17.4 Å². The molecule has 49 heavy (non-hydrogen) atoms. The number of imidazole rings is 1. The molecule has 2 fully saturated rings. The van der Waals surface area contributed by atoms with Crippen LogP contribution in [-0.4, -0.2) is 90.9 Å². The molecule has 0 spiro atoms. The molecule has 2 aliphatic heterocycles. The SMILES string of the molecule is Cc1cn(CC2(O)CCCN(C(=O)[C@H]3CN([C@H]4c5ccc(Cl)cc5CCc5ccc[n+](O)c54)CCN3C(=O)OCc3ccccc3)C2)cn1. The van der Waals surface area contributed by atoms with E-state index in [2.05, 4.69) is 9.88 Å². The quantitative estimate of drug-likeness (QED) is 0.234. The molecule has 1 unspecified atom stereocenters. The average molecular weight is 686 g/mol. The number of aryl methyl sites for hydroxylation is 3. The van der Waals surface area contributed by atoms with E-state index in [-0.39, 0.29) is 32.1 Å². The molecule has 3 aliphatic rings. The highest BCUT2D eigenvalue weighted by Crippen LogP contribution is 2.38. The van der Waals surface area contributed by atoms with Crippen molar-refractivity contribution in [2.45, 2.75) is 63.4 Å². The topological polar surface area (TPSA) is 115 Å². The van der Waals surface area contributed by atoms with Gasteiger partial charge in [0.2, 0.25) is 12.1 Å². The first-order valence-corrected chi connectivity index (χ1v) is 17.3. The maximum absolute atomic E-state index is 14.6. The number of aliphatic hydroxyl groups is 1. The molecule has 2 saturated heterocycles. The molecule has 4 heterocycles. The standard InChI is InChI=1S/C37H42ClN6O5/c1-26-20-40(25-39-26)23-37(47)14-6-15-42(24-37)35(45)32-21-41(17-18-43(32)36(46)49-22-27-7-3-2-4-8-27)34-31-13-12-30(38)19-29(31)11-10-28-9-5-16-44(48)33(28)34/h2-5,7-9,12-13,16,19-20,25,32,34,47-48H,6,10-11,14-15,17-18,21-24H2,1H3/q+1/t32-,34+,37?/m1/s1. The van der Waals surface area contributed by atoms with Crippen LogP contribution in [0, 0.1) is 6.92 Å². The van der Waals surface area contributed by atoms with Gasteiger partial charge in [-0.3, -0.25) is 19.8 Å². The van der Waals surface area contributed by atoms with Crippen molar-refractivity contribution < 1.29 is 29.4 Å². The smallest absolute Gasteiger partial charge is 0.410 e. The number of β-amino-alcohol motifs (C(OH)–C–C–N with tert-alkyl or cyclic N) is 1. The summed E-state index contributed by atoms with van der Waals surface area (Å²) in [4.78, 5) is 38.1. The van der Waals surface area contributed by atoms with Crippen molar-refractivity contribution in [1.82, 2.24) is 24.3 Å². The summed E-state index contributed by atoms with van der Waals surface area (Å²) in [5, 5.41) is 23.5. The molecule has 256 valence electrons. The number of amides is 2. The summed E-state index contributed by atoms with van der Waals surface area (Å²) in [6, 6.07) is 17.9. The Morgan fingerprint density at radius 1 is 1.06 bits per heavy atom. The predicted octanol–water partition coefficient (Wildman–Crippen LogP) is 3.93. The molecule has 11 nitrogen and oxygen atoms in total. The minimum atomic E-state index is -1.14. The molecule has 2 aromatic heterocycles. The third-order valence-corrected chi connectivity index (χ3v) is 10.3. The second-order valence-corrected chi connectivity index (χ2v) is 14.0. The summed E-state index contributed by atoms with van der Waals surface area (Å²) >= 11 is 6.46. The normalized spacial score (nSPS) is 22.6. The lowest BCUT2D eigenvalue weighted by Gasteiger charge is -2.46. The fourth-order valence-corrected chi connectivity index (χ4v) is 7.91. The summed E-state index contributed by atoms with van der Waals surface area (Å²) in [5.74, 6) is -0.239. The first kappa shape index (κ1) is 33.1. The van der Waals surface area contributed by atoms with E-state index in [9.17, 15) is 19.9 Å². The van der Waals surface area contributed by atoms with Crippen LogP contribution in [0.1, 0.15) is 52.5 Å². The molecule has 2 N–H and O–H groups in total. The average Bonchev–Trinajstić information content (AvgIpc) is 3.42. The molecule has 7 rings (SSSR count). The highest BCUT2D eigenvalue weighted by molar-refractivity contribution is 6.30. The molecule has 0 saturated carbocycles. The molecule has 4 aromatic rings. The fraction of sp³-hybridized carbons (Fsp3) is 0.405. The number of nitrogens with zero attached hydrogens (tertiary/aromatic N) is 6. The van der Waals surface area contributed by atoms with Crippen LogP contribution >= 0.6 is 11.6 Å². The van der Waals surface area contributed by atoms with Crippen LogP contribution in [0.25, 0.3) is 0 Å². The molecule has 2 aromatic carbocycles. The molecule has 2 amide bonds. The number of hydrogen-bond donors (Lipinski definition) is 2. The maximum Gasteiger partial charge on any atom is 0.410 e. The van der Waals surface area contributed by atoms with Crippen LogP contribution in [0.15, 0.2) is 79.4 Å². The molecule has 12 heteroatoms. The number of pyridine rings is 1. The number of piperidine rings is 1. The van der Waals surface area contributed by atoms with E-state index in [0.29, 0.717) is 37.5 Å². The van der Waals surface area contributed by atoms with Gasteiger partial charge in [-0.05, 0) is 67.5 Å². The molecule has 3 atom stereocenters. The zero-order chi connectivity index (χ0) is 34.1. The molecule has 1 aliphatic carbocycles. The van der Waals surface area contributed by atoms with Gasteiger partial charge in [0.1, 0.15) is 24.3 Å². The van der Waals surface area contributed by atoms with Crippen LogP contribution in [0.4, 0.5) is 4.79 Å². The van der Waals surface area contributed by atoms with Crippen LogP contribution in [0.5, 0.6) is 0 Å². The largest absolute Gasteiger partial charge is 0.445 e. The van der Waals surface area contributed by atoms with Gasteiger partial charge in [-0.25, -0.2) is 9.78 Å².